The van der Waals surface area contributed by atoms with Crippen LogP contribution in [-0.4, -0.2) is 0 Å². The number of hydrogen-bond donors (Lipinski definition) is 0. The van der Waals surface area contributed by atoms with Gasteiger partial charge in [0.1, 0.15) is 29.0 Å². The molecule has 0 bridgehead atoms. The molecule has 21 heavy (non-hydrogen) atoms. The van der Waals surface area contributed by atoms with Crippen molar-refractivity contribution < 1.29 is 17.9 Å². The minimum atomic E-state index is -1.65. The van der Waals surface area contributed by atoms with E-state index in [1.54, 1.807) is 25.1 Å². The van der Waals surface area contributed by atoms with Crippen molar-refractivity contribution in [3.05, 3.63) is 58.4 Å². The molecule has 0 saturated carbocycles. The van der Waals surface area contributed by atoms with Crippen molar-refractivity contribution >= 4 is 0 Å². The van der Waals surface area contributed by atoms with E-state index in [0.717, 1.165) is 0 Å². The topological polar surface area (TPSA) is 56.8 Å². The van der Waals surface area contributed by atoms with Crippen LogP contribution in [0, 0.1) is 47.0 Å². The summed E-state index contributed by atoms with van der Waals surface area (Å²) >= 11 is 0. The normalized spacial score (nSPS) is 9.81. The standard InChI is InChI=1S/C15H7F3N2O/c1-8-4-2-3-5-11(8)21-15-13(17)10(7-20)9(6-19)12(16)14(15)18/h2-5H,1H3. The summed E-state index contributed by atoms with van der Waals surface area (Å²) in [6.07, 6.45) is 0. The van der Waals surface area contributed by atoms with Crippen LogP contribution in [-0.2, 0) is 0 Å². The number of hydrogen-bond acceptors (Lipinski definition) is 3. The zero-order chi connectivity index (χ0) is 15.6. The first-order valence-electron chi connectivity index (χ1n) is 5.75. The number of rotatable bonds is 2. The fourth-order valence-corrected chi connectivity index (χ4v) is 1.72. The lowest BCUT2D eigenvalue weighted by atomic mass is 10.1. The summed E-state index contributed by atoms with van der Waals surface area (Å²) in [4.78, 5) is 0. The third-order valence-corrected chi connectivity index (χ3v) is 2.81. The average molecular weight is 288 g/mol. The molecule has 0 heterocycles. The van der Waals surface area contributed by atoms with Gasteiger partial charge in [0, 0.05) is 0 Å². The highest BCUT2D eigenvalue weighted by atomic mass is 19.2. The van der Waals surface area contributed by atoms with Gasteiger partial charge >= 0.3 is 0 Å². The molecule has 104 valence electrons. The second-order valence-electron chi connectivity index (χ2n) is 4.11. The maximum atomic E-state index is 14.1. The van der Waals surface area contributed by atoms with Gasteiger partial charge in [0.25, 0.3) is 0 Å². The molecular formula is C15H7F3N2O. The maximum absolute atomic E-state index is 14.1. The molecule has 3 nitrogen and oxygen atoms in total. The molecule has 2 aromatic carbocycles. The quantitative estimate of drug-likeness (QED) is 0.786. The van der Waals surface area contributed by atoms with Crippen LogP contribution in [0.15, 0.2) is 24.3 Å². The van der Waals surface area contributed by atoms with E-state index in [2.05, 4.69) is 0 Å². The van der Waals surface area contributed by atoms with Gasteiger partial charge in [-0.1, -0.05) is 18.2 Å². The van der Waals surface area contributed by atoms with Gasteiger partial charge in [0.2, 0.25) is 11.6 Å². The molecule has 0 unspecified atom stereocenters. The third kappa shape index (κ3) is 2.39. The number of aryl methyl sites for hydroxylation is 1. The fourth-order valence-electron chi connectivity index (χ4n) is 1.72. The first-order valence-corrected chi connectivity index (χ1v) is 5.75. The molecule has 0 aliphatic rings. The Morgan fingerprint density at radius 3 is 2.05 bits per heavy atom. The summed E-state index contributed by atoms with van der Waals surface area (Å²) in [7, 11) is 0. The SMILES string of the molecule is Cc1ccccc1Oc1c(F)c(F)c(C#N)c(C#N)c1F. The molecule has 0 aliphatic heterocycles. The molecule has 0 aliphatic carbocycles. The predicted molar refractivity (Wildman–Crippen MR) is 67.0 cm³/mol. The summed E-state index contributed by atoms with van der Waals surface area (Å²) in [6, 6.07) is 8.94. The smallest absolute Gasteiger partial charge is 0.205 e. The molecule has 0 fully saturated rings. The molecule has 0 radical (unpaired) electrons. The highest BCUT2D eigenvalue weighted by Gasteiger charge is 2.27. The first-order chi connectivity index (χ1) is 10.0. The van der Waals surface area contributed by atoms with Crippen molar-refractivity contribution in [2.24, 2.45) is 0 Å². The molecule has 0 spiro atoms. The van der Waals surface area contributed by atoms with Gasteiger partial charge in [0.05, 0.1) is 0 Å². The molecule has 2 aromatic rings. The lowest BCUT2D eigenvalue weighted by molar-refractivity contribution is 0.383. The second-order valence-corrected chi connectivity index (χ2v) is 4.11. The van der Waals surface area contributed by atoms with Crippen LogP contribution >= 0.6 is 0 Å². The lowest BCUT2D eigenvalue weighted by Crippen LogP contribution is -2.04. The van der Waals surface area contributed by atoms with E-state index in [0.29, 0.717) is 5.56 Å². The van der Waals surface area contributed by atoms with Crippen molar-refractivity contribution in [1.82, 2.24) is 0 Å². The first kappa shape index (κ1) is 14.4. The second kappa shape index (κ2) is 5.56. The molecule has 6 heteroatoms. The van der Waals surface area contributed by atoms with E-state index < -0.39 is 34.3 Å². The van der Waals surface area contributed by atoms with Gasteiger partial charge in [-0.25, -0.2) is 8.78 Å². The largest absolute Gasteiger partial charge is 0.451 e. The predicted octanol–water partition coefficient (Wildman–Crippen LogP) is 3.95. The molecule has 0 amide bonds. The van der Waals surface area contributed by atoms with Crippen molar-refractivity contribution in [2.75, 3.05) is 0 Å². The molecular weight excluding hydrogens is 281 g/mol. The lowest BCUT2D eigenvalue weighted by Gasteiger charge is -2.12. The Kier molecular flexibility index (Phi) is 3.82. The van der Waals surface area contributed by atoms with Gasteiger partial charge in [-0.15, -0.1) is 0 Å². The third-order valence-electron chi connectivity index (χ3n) is 2.81. The number of halogens is 3. The Balaban J connectivity index is 2.67. The number of nitriles is 2. The molecule has 0 aromatic heterocycles. The van der Waals surface area contributed by atoms with Crippen LogP contribution in [0.2, 0.25) is 0 Å². The van der Waals surface area contributed by atoms with Crippen LogP contribution in [0.4, 0.5) is 13.2 Å². The number of para-hydroxylation sites is 1. The van der Waals surface area contributed by atoms with Gasteiger partial charge < -0.3 is 4.74 Å². The van der Waals surface area contributed by atoms with E-state index in [1.165, 1.54) is 18.2 Å². The Morgan fingerprint density at radius 2 is 1.48 bits per heavy atom. The summed E-state index contributed by atoms with van der Waals surface area (Å²) in [5, 5.41) is 17.5. The summed E-state index contributed by atoms with van der Waals surface area (Å²) in [6.45, 7) is 1.64. The fraction of sp³-hybridized carbons (Fsp3) is 0.0667. The highest BCUT2D eigenvalue weighted by molar-refractivity contribution is 5.53. The van der Waals surface area contributed by atoms with Crippen molar-refractivity contribution in [2.45, 2.75) is 6.92 Å². The minimum Gasteiger partial charge on any atom is -0.451 e. The Hall–Kier alpha value is -2.99. The van der Waals surface area contributed by atoms with Crippen LogP contribution in [0.1, 0.15) is 16.7 Å². The van der Waals surface area contributed by atoms with Gasteiger partial charge in [-0.2, -0.15) is 14.9 Å². The van der Waals surface area contributed by atoms with Crippen molar-refractivity contribution in [3.8, 4) is 23.6 Å². The number of nitrogens with zero attached hydrogens (tertiary/aromatic N) is 2. The van der Waals surface area contributed by atoms with Gasteiger partial charge in [0.15, 0.2) is 11.6 Å². The Morgan fingerprint density at radius 1 is 0.905 bits per heavy atom. The number of ether oxygens (including phenoxy) is 1. The minimum absolute atomic E-state index is 0.114. The maximum Gasteiger partial charge on any atom is 0.205 e. The van der Waals surface area contributed by atoms with E-state index in [9.17, 15) is 13.2 Å². The van der Waals surface area contributed by atoms with Crippen LogP contribution < -0.4 is 4.74 Å². The van der Waals surface area contributed by atoms with E-state index in [1.807, 2.05) is 0 Å². The Bertz CT molecular complexity index is 804. The van der Waals surface area contributed by atoms with Gasteiger partial charge in [-0.05, 0) is 18.6 Å². The van der Waals surface area contributed by atoms with Crippen LogP contribution in [0.3, 0.4) is 0 Å². The van der Waals surface area contributed by atoms with Gasteiger partial charge in [-0.3, -0.25) is 0 Å². The van der Waals surface area contributed by atoms with E-state index in [4.69, 9.17) is 15.3 Å². The monoisotopic (exact) mass is 288 g/mol. The van der Waals surface area contributed by atoms with Crippen LogP contribution in [0.5, 0.6) is 11.5 Å². The molecule has 0 atom stereocenters. The zero-order valence-corrected chi connectivity index (χ0v) is 10.7. The summed E-state index contributed by atoms with van der Waals surface area (Å²) < 4.78 is 46.7. The van der Waals surface area contributed by atoms with Crippen molar-refractivity contribution in [3.63, 3.8) is 0 Å². The Labute approximate surface area is 118 Å². The van der Waals surface area contributed by atoms with E-state index >= 15 is 0 Å². The molecule has 2 rings (SSSR count). The summed E-state index contributed by atoms with van der Waals surface area (Å²) in [5.41, 5.74) is -1.30. The van der Waals surface area contributed by atoms with Crippen LogP contribution in [0.25, 0.3) is 0 Å². The summed E-state index contributed by atoms with van der Waals surface area (Å²) in [5.74, 6) is -5.60. The average Bonchev–Trinajstić information content (AvgIpc) is 2.48. The van der Waals surface area contributed by atoms with Crippen molar-refractivity contribution in [1.29, 1.82) is 10.5 Å². The zero-order valence-electron chi connectivity index (χ0n) is 10.7. The highest BCUT2D eigenvalue weighted by Crippen LogP contribution is 2.34. The van der Waals surface area contributed by atoms with E-state index in [-0.39, 0.29) is 5.75 Å². The molecule has 0 saturated heterocycles. The molecule has 0 N–H and O–H groups in total. The number of benzene rings is 2.